The Hall–Kier alpha value is -3.40. The van der Waals surface area contributed by atoms with Crippen LogP contribution in [0.1, 0.15) is 11.1 Å². The number of para-hydroxylation sites is 2. The van der Waals surface area contributed by atoms with Gasteiger partial charge in [-0.15, -0.1) is 0 Å². The van der Waals surface area contributed by atoms with Crippen LogP contribution >= 0.6 is 0 Å². The van der Waals surface area contributed by atoms with Gasteiger partial charge in [0.1, 0.15) is 11.6 Å². The average molecular weight is 338 g/mol. The van der Waals surface area contributed by atoms with Crippen molar-refractivity contribution in [1.82, 2.24) is 19.9 Å². The van der Waals surface area contributed by atoms with Crippen LogP contribution in [0.4, 0.5) is 0 Å². The van der Waals surface area contributed by atoms with Gasteiger partial charge >= 0.3 is 0 Å². The molecule has 0 bridgehead atoms. The Balaban J connectivity index is 1.72. The van der Waals surface area contributed by atoms with E-state index in [2.05, 4.69) is 48.1 Å². The molecule has 0 aliphatic heterocycles. The maximum Gasteiger partial charge on any atom is 0.139 e. The van der Waals surface area contributed by atoms with Crippen LogP contribution in [0.3, 0.4) is 0 Å². The molecule has 0 aliphatic carbocycles. The lowest BCUT2D eigenvalue weighted by Gasteiger charge is -2.04. The van der Waals surface area contributed by atoms with Crippen LogP contribution in [-0.2, 0) is 0 Å². The van der Waals surface area contributed by atoms with Crippen LogP contribution < -0.4 is 0 Å². The zero-order valence-electron chi connectivity index (χ0n) is 14.7. The minimum atomic E-state index is 0.857. The molecule has 4 nitrogen and oxygen atoms in total. The van der Waals surface area contributed by atoms with Crippen LogP contribution in [0.15, 0.2) is 60.7 Å². The largest absolute Gasteiger partial charge is 0.338 e. The predicted octanol–water partition coefficient (Wildman–Crippen LogP) is 5.39. The summed E-state index contributed by atoms with van der Waals surface area (Å²) in [6.07, 6.45) is 0. The van der Waals surface area contributed by atoms with E-state index < -0.39 is 0 Å². The summed E-state index contributed by atoms with van der Waals surface area (Å²) >= 11 is 0. The lowest BCUT2D eigenvalue weighted by Crippen LogP contribution is -1.88. The number of H-pyrrole nitrogens is 2. The van der Waals surface area contributed by atoms with Crippen molar-refractivity contribution < 1.29 is 0 Å². The highest BCUT2D eigenvalue weighted by Gasteiger charge is 2.15. The highest BCUT2D eigenvalue weighted by molar-refractivity contribution is 5.88. The lowest BCUT2D eigenvalue weighted by atomic mass is 10.1. The molecule has 0 aliphatic rings. The molecular formula is C22H18N4. The second kappa shape index (κ2) is 5.56. The Morgan fingerprint density at radius 2 is 1.31 bits per heavy atom. The molecule has 0 saturated heterocycles. The van der Waals surface area contributed by atoms with Gasteiger partial charge in [0, 0.05) is 11.1 Å². The highest BCUT2D eigenvalue weighted by Crippen LogP contribution is 2.32. The van der Waals surface area contributed by atoms with Gasteiger partial charge in [-0.25, -0.2) is 9.97 Å². The number of hydrogen-bond donors (Lipinski definition) is 2. The molecule has 2 N–H and O–H groups in total. The van der Waals surface area contributed by atoms with Crippen LogP contribution in [0.2, 0.25) is 0 Å². The minimum absolute atomic E-state index is 0.857. The van der Waals surface area contributed by atoms with E-state index in [1.54, 1.807) is 0 Å². The van der Waals surface area contributed by atoms with Crippen molar-refractivity contribution in [3.63, 3.8) is 0 Å². The fraction of sp³-hybridized carbons (Fsp3) is 0.0909. The van der Waals surface area contributed by atoms with Gasteiger partial charge in [0.15, 0.2) is 0 Å². The molecular weight excluding hydrogens is 320 g/mol. The summed E-state index contributed by atoms with van der Waals surface area (Å²) in [6.45, 7) is 4.25. The molecule has 0 spiro atoms. The summed E-state index contributed by atoms with van der Waals surface area (Å²) in [6, 6.07) is 20.5. The zero-order chi connectivity index (χ0) is 17.7. The van der Waals surface area contributed by atoms with Crippen molar-refractivity contribution in [2.75, 3.05) is 0 Å². The molecule has 0 unspecified atom stereocenters. The maximum absolute atomic E-state index is 4.83. The van der Waals surface area contributed by atoms with E-state index in [-0.39, 0.29) is 0 Å². The molecule has 5 rings (SSSR count). The molecule has 0 fully saturated rings. The number of fused-ring (bicyclic) bond motifs is 2. The van der Waals surface area contributed by atoms with Crippen molar-refractivity contribution in [2.24, 2.45) is 0 Å². The normalized spacial score (nSPS) is 11.5. The third-order valence-electron chi connectivity index (χ3n) is 5.02. The summed E-state index contributed by atoms with van der Waals surface area (Å²) in [5, 5.41) is 0. The van der Waals surface area contributed by atoms with E-state index in [0.717, 1.165) is 44.8 Å². The Morgan fingerprint density at radius 1 is 0.654 bits per heavy atom. The van der Waals surface area contributed by atoms with Gasteiger partial charge in [0.2, 0.25) is 0 Å². The van der Waals surface area contributed by atoms with Gasteiger partial charge in [-0.2, -0.15) is 0 Å². The number of nitrogens with zero attached hydrogens (tertiary/aromatic N) is 2. The SMILES string of the molecule is Cc1ccc2nc(-c3ccccc3-c3nc4ccccc4[nH]3)[nH]c2c1C. The van der Waals surface area contributed by atoms with Gasteiger partial charge in [0.25, 0.3) is 0 Å². The van der Waals surface area contributed by atoms with E-state index >= 15 is 0 Å². The maximum atomic E-state index is 4.83. The van der Waals surface area contributed by atoms with Crippen molar-refractivity contribution in [3.8, 4) is 22.8 Å². The van der Waals surface area contributed by atoms with Gasteiger partial charge < -0.3 is 9.97 Å². The summed E-state index contributed by atoms with van der Waals surface area (Å²) in [5.74, 6) is 1.72. The molecule has 5 aromatic rings. The first-order valence-electron chi connectivity index (χ1n) is 8.71. The lowest BCUT2D eigenvalue weighted by molar-refractivity contribution is 1.29. The monoisotopic (exact) mass is 338 g/mol. The van der Waals surface area contributed by atoms with Gasteiger partial charge in [-0.1, -0.05) is 42.5 Å². The molecule has 126 valence electrons. The number of aromatic nitrogens is 4. The second-order valence-corrected chi connectivity index (χ2v) is 6.64. The van der Waals surface area contributed by atoms with E-state index in [9.17, 15) is 0 Å². The molecule has 3 aromatic carbocycles. The fourth-order valence-corrected chi connectivity index (χ4v) is 3.42. The van der Waals surface area contributed by atoms with E-state index in [4.69, 9.17) is 9.97 Å². The van der Waals surface area contributed by atoms with Crippen molar-refractivity contribution >= 4 is 22.1 Å². The first-order valence-corrected chi connectivity index (χ1v) is 8.71. The standard InChI is InChI=1S/C22H18N4/c1-13-11-12-19-20(14(13)2)26-22(25-19)16-8-4-3-7-15(16)21-23-17-9-5-6-10-18(17)24-21/h3-12H,1-2H3,(H,23,24)(H,25,26). The molecule has 2 heterocycles. The topological polar surface area (TPSA) is 57.4 Å². The second-order valence-electron chi connectivity index (χ2n) is 6.64. The summed E-state index contributed by atoms with van der Waals surface area (Å²) < 4.78 is 0. The average Bonchev–Trinajstić information content (AvgIpc) is 3.29. The number of benzene rings is 3. The van der Waals surface area contributed by atoms with E-state index in [1.807, 2.05) is 36.4 Å². The van der Waals surface area contributed by atoms with E-state index in [1.165, 1.54) is 11.1 Å². The molecule has 0 atom stereocenters. The summed E-state index contributed by atoms with van der Waals surface area (Å²) in [4.78, 5) is 16.5. The molecule has 0 amide bonds. The van der Waals surface area contributed by atoms with Crippen LogP contribution in [0, 0.1) is 13.8 Å². The van der Waals surface area contributed by atoms with Gasteiger partial charge in [-0.05, 0) is 43.2 Å². The summed E-state index contributed by atoms with van der Waals surface area (Å²) in [5.41, 5.74) is 8.67. The Labute approximate surface area is 150 Å². The van der Waals surface area contributed by atoms with Crippen LogP contribution in [0.25, 0.3) is 44.8 Å². The van der Waals surface area contributed by atoms with E-state index in [0.29, 0.717) is 0 Å². The fourth-order valence-electron chi connectivity index (χ4n) is 3.42. The summed E-state index contributed by atoms with van der Waals surface area (Å²) in [7, 11) is 0. The number of nitrogens with one attached hydrogen (secondary N) is 2. The third-order valence-corrected chi connectivity index (χ3v) is 5.02. The Morgan fingerprint density at radius 3 is 2.08 bits per heavy atom. The smallest absolute Gasteiger partial charge is 0.139 e. The molecule has 26 heavy (non-hydrogen) atoms. The van der Waals surface area contributed by atoms with Crippen molar-refractivity contribution in [3.05, 3.63) is 71.8 Å². The molecule has 2 aromatic heterocycles. The minimum Gasteiger partial charge on any atom is -0.338 e. The Bertz CT molecular complexity index is 1230. The third kappa shape index (κ3) is 2.23. The van der Waals surface area contributed by atoms with Crippen LogP contribution in [-0.4, -0.2) is 19.9 Å². The number of hydrogen-bond acceptors (Lipinski definition) is 2. The zero-order valence-corrected chi connectivity index (χ0v) is 14.7. The van der Waals surface area contributed by atoms with Crippen molar-refractivity contribution in [1.29, 1.82) is 0 Å². The van der Waals surface area contributed by atoms with Crippen molar-refractivity contribution in [2.45, 2.75) is 13.8 Å². The molecule has 0 radical (unpaired) electrons. The first-order chi connectivity index (χ1) is 12.7. The predicted molar refractivity (Wildman–Crippen MR) is 106 cm³/mol. The van der Waals surface area contributed by atoms with Crippen LogP contribution in [0.5, 0.6) is 0 Å². The number of aromatic amines is 2. The number of aryl methyl sites for hydroxylation is 2. The highest BCUT2D eigenvalue weighted by atomic mass is 14.9. The number of rotatable bonds is 2. The van der Waals surface area contributed by atoms with Gasteiger partial charge in [-0.3, -0.25) is 0 Å². The quantitative estimate of drug-likeness (QED) is 0.453. The Kier molecular flexibility index (Phi) is 3.19. The van der Waals surface area contributed by atoms with Gasteiger partial charge in [0.05, 0.1) is 22.1 Å². The molecule has 4 heteroatoms. The number of imidazole rings is 2. The molecule has 0 saturated carbocycles. The first kappa shape index (κ1) is 14.9.